The first kappa shape index (κ1) is 10.7. The SMILES string of the molecule is O=[N+]([O-])c1cc(Cl)c(CO)cc1I. The zero-order valence-corrected chi connectivity index (χ0v) is 9.24. The fraction of sp³-hybridized carbons (Fsp3) is 0.143. The van der Waals surface area contributed by atoms with Crippen LogP contribution in [0.5, 0.6) is 0 Å². The molecular formula is C7H5ClINO3. The van der Waals surface area contributed by atoms with Crippen molar-refractivity contribution in [3.63, 3.8) is 0 Å². The van der Waals surface area contributed by atoms with Crippen molar-refractivity contribution >= 4 is 39.9 Å². The summed E-state index contributed by atoms with van der Waals surface area (Å²) < 4.78 is 0.469. The van der Waals surface area contributed by atoms with Gasteiger partial charge in [-0.2, -0.15) is 0 Å². The van der Waals surface area contributed by atoms with Gasteiger partial charge in [0.05, 0.1) is 20.1 Å². The second-order valence-corrected chi connectivity index (χ2v) is 3.88. The van der Waals surface area contributed by atoms with Crippen molar-refractivity contribution in [1.82, 2.24) is 0 Å². The van der Waals surface area contributed by atoms with Crippen LogP contribution < -0.4 is 0 Å². The van der Waals surface area contributed by atoms with Crippen LogP contribution in [0.15, 0.2) is 12.1 Å². The van der Waals surface area contributed by atoms with Crippen LogP contribution in [0, 0.1) is 13.7 Å². The Bertz CT molecular complexity index is 356. The van der Waals surface area contributed by atoms with Crippen LogP contribution in [0.3, 0.4) is 0 Å². The second kappa shape index (κ2) is 4.21. The van der Waals surface area contributed by atoms with Gasteiger partial charge in [-0.15, -0.1) is 0 Å². The van der Waals surface area contributed by atoms with Gasteiger partial charge in [-0.25, -0.2) is 0 Å². The standard InChI is InChI=1S/C7H5ClINO3/c8-5-2-7(10(12)13)6(9)1-4(5)3-11/h1-2,11H,3H2. The summed E-state index contributed by atoms with van der Waals surface area (Å²) in [7, 11) is 0. The lowest BCUT2D eigenvalue weighted by Gasteiger charge is -2.01. The third kappa shape index (κ3) is 2.29. The molecule has 0 saturated carbocycles. The van der Waals surface area contributed by atoms with Gasteiger partial charge in [-0.05, 0) is 34.2 Å². The molecule has 1 aromatic carbocycles. The van der Waals surface area contributed by atoms with Crippen molar-refractivity contribution in [1.29, 1.82) is 0 Å². The first-order chi connectivity index (χ1) is 6.06. The first-order valence-electron chi connectivity index (χ1n) is 3.29. The molecule has 0 heterocycles. The van der Waals surface area contributed by atoms with E-state index in [0.717, 1.165) is 0 Å². The zero-order valence-electron chi connectivity index (χ0n) is 6.33. The molecule has 1 aromatic rings. The number of nitrogens with zero attached hydrogens (tertiary/aromatic N) is 1. The Kier molecular flexibility index (Phi) is 3.46. The van der Waals surface area contributed by atoms with Gasteiger partial charge < -0.3 is 5.11 Å². The number of hydrogen-bond donors (Lipinski definition) is 1. The molecule has 0 fully saturated rings. The highest BCUT2D eigenvalue weighted by molar-refractivity contribution is 14.1. The van der Waals surface area contributed by atoms with Gasteiger partial charge in [-0.1, -0.05) is 11.6 Å². The van der Waals surface area contributed by atoms with Crippen molar-refractivity contribution in [3.05, 3.63) is 36.4 Å². The van der Waals surface area contributed by atoms with Crippen molar-refractivity contribution < 1.29 is 10.0 Å². The maximum atomic E-state index is 10.5. The Balaban J connectivity index is 3.28. The molecule has 0 aromatic heterocycles. The summed E-state index contributed by atoms with van der Waals surface area (Å²) in [5, 5.41) is 19.5. The first-order valence-corrected chi connectivity index (χ1v) is 4.75. The fourth-order valence-electron chi connectivity index (χ4n) is 0.839. The van der Waals surface area contributed by atoms with Crippen molar-refractivity contribution in [2.75, 3.05) is 0 Å². The summed E-state index contributed by atoms with van der Waals surface area (Å²) in [5.41, 5.74) is 0.458. The number of aliphatic hydroxyl groups excluding tert-OH is 1. The van der Waals surface area contributed by atoms with E-state index in [4.69, 9.17) is 16.7 Å². The van der Waals surface area contributed by atoms with E-state index in [-0.39, 0.29) is 17.3 Å². The fourth-order valence-corrected chi connectivity index (χ4v) is 1.78. The molecule has 1 rings (SSSR count). The van der Waals surface area contributed by atoms with Crippen molar-refractivity contribution in [3.8, 4) is 0 Å². The molecule has 0 unspecified atom stereocenters. The van der Waals surface area contributed by atoms with Crippen molar-refractivity contribution in [2.45, 2.75) is 6.61 Å². The molecule has 0 aliphatic carbocycles. The summed E-state index contributed by atoms with van der Waals surface area (Å²) in [6, 6.07) is 2.75. The number of hydrogen-bond acceptors (Lipinski definition) is 3. The Morgan fingerprint density at radius 2 is 2.23 bits per heavy atom. The molecular weight excluding hydrogens is 308 g/mol. The molecule has 0 bridgehead atoms. The monoisotopic (exact) mass is 313 g/mol. The highest BCUT2D eigenvalue weighted by Gasteiger charge is 2.14. The predicted octanol–water partition coefficient (Wildman–Crippen LogP) is 2.35. The molecule has 0 saturated heterocycles. The van der Waals surface area contributed by atoms with Crippen LogP contribution in [0.1, 0.15) is 5.56 Å². The minimum Gasteiger partial charge on any atom is -0.392 e. The number of nitro groups is 1. The summed E-state index contributed by atoms with van der Waals surface area (Å²) in [4.78, 5) is 9.95. The highest BCUT2D eigenvalue weighted by Crippen LogP contribution is 2.28. The molecule has 0 aliphatic heterocycles. The third-order valence-electron chi connectivity index (χ3n) is 1.48. The van der Waals surface area contributed by atoms with Crippen LogP contribution >= 0.6 is 34.2 Å². The van der Waals surface area contributed by atoms with Gasteiger partial charge in [0, 0.05) is 6.07 Å². The third-order valence-corrected chi connectivity index (χ3v) is 2.70. The number of benzene rings is 1. The smallest absolute Gasteiger partial charge is 0.284 e. The van der Waals surface area contributed by atoms with Gasteiger partial charge in [-0.3, -0.25) is 10.1 Å². The van der Waals surface area contributed by atoms with Crippen LogP contribution in [0.4, 0.5) is 5.69 Å². The van der Waals surface area contributed by atoms with E-state index < -0.39 is 4.92 Å². The molecule has 4 nitrogen and oxygen atoms in total. The lowest BCUT2D eigenvalue weighted by molar-refractivity contribution is -0.385. The Hall–Kier alpha value is -0.400. The van der Waals surface area contributed by atoms with Gasteiger partial charge in [0.2, 0.25) is 0 Å². The summed E-state index contributed by atoms with van der Waals surface area (Å²) in [6.45, 7) is -0.215. The summed E-state index contributed by atoms with van der Waals surface area (Å²) in [5.74, 6) is 0. The zero-order chi connectivity index (χ0) is 10.0. The number of aliphatic hydroxyl groups is 1. The Labute approximate surface area is 92.8 Å². The summed E-state index contributed by atoms with van der Waals surface area (Å²) >= 11 is 7.51. The maximum absolute atomic E-state index is 10.5. The van der Waals surface area contributed by atoms with Crippen LogP contribution in [0.25, 0.3) is 0 Å². The molecule has 13 heavy (non-hydrogen) atoms. The predicted molar refractivity (Wildman–Crippen MR) is 56.7 cm³/mol. The molecule has 0 aliphatic rings. The van der Waals surface area contributed by atoms with E-state index in [9.17, 15) is 10.1 Å². The molecule has 6 heteroatoms. The normalized spacial score (nSPS) is 10.1. The average molecular weight is 313 g/mol. The van der Waals surface area contributed by atoms with Gasteiger partial charge in [0.1, 0.15) is 0 Å². The average Bonchev–Trinajstić information content (AvgIpc) is 2.07. The van der Waals surface area contributed by atoms with E-state index in [1.54, 1.807) is 0 Å². The maximum Gasteiger partial charge on any atom is 0.284 e. The summed E-state index contributed by atoms with van der Waals surface area (Å²) in [6.07, 6.45) is 0. The van der Waals surface area contributed by atoms with Crippen LogP contribution in [-0.2, 0) is 6.61 Å². The van der Waals surface area contributed by atoms with E-state index >= 15 is 0 Å². The molecule has 0 atom stereocenters. The number of halogens is 2. The van der Waals surface area contributed by atoms with Crippen molar-refractivity contribution in [2.24, 2.45) is 0 Å². The Morgan fingerprint density at radius 1 is 1.62 bits per heavy atom. The molecule has 0 spiro atoms. The molecule has 70 valence electrons. The van der Waals surface area contributed by atoms with Gasteiger partial charge in [0.15, 0.2) is 0 Å². The molecule has 0 radical (unpaired) electrons. The molecule has 1 N–H and O–H groups in total. The van der Waals surface area contributed by atoms with E-state index in [1.165, 1.54) is 12.1 Å². The van der Waals surface area contributed by atoms with Gasteiger partial charge in [0.25, 0.3) is 5.69 Å². The van der Waals surface area contributed by atoms with Crippen LogP contribution in [0.2, 0.25) is 5.02 Å². The Morgan fingerprint density at radius 3 is 2.69 bits per heavy atom. The quantitative estimate of drug-likeness (QED) is 0.518. The largest absolute Gasteiger partial charge is 0.392 e. The lowest BCUT2D eigenvalue weighted by atomic mass is 10.2. The number of rotatable bonds is 2. The van der Waals surface area contributed by atoms with E-state index in [1.807, 2.05) is 22.6 Å². The van der Waals surface area contributed by atoms with E-state index in [0.29, 0.717) is 9.13 Å². The highest BCUT2D eigenvalue weighted by atomic mass is 127. The topological polar surface area (TPSA) is 63.4 Å². The lowest BCUT2D eigenvalue weighted by Crippen LogP contribution is -1.94. The minimum atomic E-state index is -0.505. The van der Waals surface area contributed by atoms with Crippen LogP contribution in [-0.4, -0.2) is 10.0 Å². The number of nitro benzene ring substituents is 1. The minimum absolute atomic E-state index is 0.0391. The second-order valence-electron chi connectivity index (χ2n) is 2.31. The van der Waals surface area contributed by atoms with E-state index in [2.05, 4.69) is 0 Å². The van der Waals surface area contributed by atoms with Gasteiger partial charge >= 0.3 is 0 Å². The molecule has 0 amide bonds.